The van der Waals surface area contributed by atoms with Gasteiger partial charge >= 0.3 is 10.3 Å². The average Bonchev–Trinajstić information content (AvgIpc) is 2.24. The largest absolute Gasteiger partial charge is 0.393 e. The normalized spacial score (nSPS) is 35.2. The predicted molar refractivity (Wildman–Crippen MR) is 47.0 cm³/mol. The van der Waals surface area contributed by atoms with Crippen molar-refractivity contribution in [3.8, 4) is 0 Å². The Morgan fingerprint density at radius 1 is 1.54 bits per heavy atom. The standard InChI is InChI=1S/C7H15NO4S/c1-5-2-6(7(9)3-5)4-12-13(8,10)11/h5-7,9H,2-4H2,1H3,(H2,8,10,11). The third-order valence-electron chi connectivity index (χ3n) is 2.34. The molecule has 0 aliphatic heterocycles. The van der Waals surface area contributed by atoms with E-state index in [2.05, 4.69) is 9.32 Å². The lowest BCUT2D eigenvalue weighted by atomic mass is 10.1. The molecule has 0 radical (unpaired) electrons. The van der Waals surface area contributed by atoms with Gasteiger partial charge in [-0.2, -0.15) is 8.42 Å². The van der Waals surface area contributed by atoms with Gasteiger partial charge in [0, 0.05) is 5.92 Å². The molecular weight excluding hydrogens is 194 g/mol. The fourth-order valence-electron chi connectivity index (χ4n) is 1.74. The Morgan fingerprint density at radius 2 is 2.15 bits per heavy atom. The van der Waals surface area contributed by atoms with E-state index in [1.807, 2.05) is 6.92 Å². The summed E-state index contributed by atoms with van der Waals surface area (Å²) in [6, 6.07) is 0. The Hall–Kier alpha value is -0.170. The van der Waals surface area contributed by atoms with Gasteiger partial charge in [0.1, 0.15) is 0 Å². The van der Waals surface area contributed by atoms with Crippen molar-refractivity contribution in [3.63, 3.8) is 0 Å². The van der Waals surface area contributed by atoms with Crippen LogP contribution in [-0.4, -0.2) is 26.2 Å². The van der Waals surface area contributed by atoms with E-state index >= 15 is 0 Å². The third kappa shape index (κ3) is 3.60. The van der Waals surface area contributed by atoms with Crippen LogP contribution in [0.2, 0.25) is 0 Å². The maximum Gasteiger partial charge on any atom is 0.333 e. The van der Waals surface area contributed by atoms with E-state index in [0.717, 1.165) is 6.42 Å². The third-order valence-corrected chi connectivity index (χ3v) is 2.80. The summed E-state index contributed by atoms with van der Waals surface area (Å²) >= 11 is 0. The first kappa shape index (κ1) is 10.9. The molecule has 0 aromatic carbocycles. The van der Waals surface area contributed by atoms with Crippen molar-refractivity contribution in [1.29, 1.82) is 0 Å². The van der Waals surface area contributed by atoms with Crippen LogP contribution in [0.5, 0.6) is 0 Å². The Morgan fingerprint density at radius 3 is 2.54 bits per heavy atom. The lowest BCUT2D eigenvalue weighted by molar-refractivity contribution is 0.100. The van der Waals surface area contributed by atoms with Gasteiger partial charge in [0.05, 0.1) is 12.7 Å². The molecule has 3 unspecified atom stereocenters. The fourth-order valence-corrected chi connectivity index (χ4v) is 2.10. The van der Waals surface area contributed by atoms with Crippen molar-refractivity contribution in [2.75, 3.05) is 6.61 Å². The molecule has 6 heteroatoms. The molecule has 13 heavy (non-hydrogen) atoms. The second-order valence-corrected chi connectivity index (χ2v) is 4.90. The molecule has 0 bridgehead atoms. The lowest BCUT2D eigenvalue weighted by Gasteiger charge is -2.12. The van der Waals surface area contributed by atoms with Crippen LogP contribution in [0.3, 0.4) is 0 Å². The topological polar surface area (TPSA) is 89.6 Å². The Labute approximate surface area is 78.1 Å². The SMILES string of the molecule is CC1CC(O)C(COS(N)(=O)=O)C1. The molecule has 0 aromatic rings. The van der Waals surface area contributed by atoms with Gasteiger partial charge < -0.3 is 5.11 Å². The van der Waals surface area contributed by atoms with Crippen molar-refractivity contribution in [3.05, 3.63) is 0 Å². The molecule has 0 aromatic heterocycles. The summed E-state index contributed by atoms with van der Waals surface area (Å²) in [5.41, 5.74) is 0. The summed E-state index contributed by atoms with van der Waals surface area (Å²) in [5.74, 6) is 0.317. The quantitative estimate of drug-likeness (QED) is 0.662. The van der Waals surface area contributed by atoms with Gasteiger partial charge in [-0.1, -0.05) is 6.92 Å². The highest BCUT2D eigenvalue weighted by molar-refractivity contribution is 7.84. The van der Waals surface area contributed by atoms with Gasteiger partial charge in [-0.05, 0) is 18.8 Å². The van der Waals surface area contributed by atoms with Crippen LogP contribution in [0, 0.1) is 11.8 Å². The molecule has 0 heterocycles. The highest BCUT2D eigenvalue weighted by Crippen LogP contribution is 2.30. The van der Waals surface area contributed by atoms with Crippen molar-refractivity contribution >= 4 is 10.3 Å². The van der Waals surface area contributed by atoms with Gasteiger partial charge in [0.25, 0.3) is 0 Å². The minimum absolute atomic E-state index is 0.00958. The van der Waals surface area contributed by atoms with E-state index < -0.39 is 16.4 Å². The van der Waals surface area contributed by atoms with Crippen LogP contribution in [0.15, 0.2) is 0 Å². The molecule has 1 saturated carbocycles. The zero-order valence-corrected chi connectivity index (χ0v) is 8.33. The van der Waals surface area contributed by atoms with Gasteiger partial charge in [-0.3, -0.25) is 4.18 Å². The van der Waals surface area contributed by atoms with E-state index in [-0.39, 0.29) is 12.5 Å². The number of rotatable bonds is 3. The molecule has 5 nitrogen and oxygen atoms in total. The Balaban J connectivity index is 2.38. The van der Waals surface area contributed by atoms with E-state index in [9.17, 15) is 13.5 Å². The smallest absolute Gasteiger partial charge is 0.333 e. The van der Waals surface area contributed by atoms with Crippen LogP contribution < -0.4 is 5.14 Å². The maximum absolute atomic E-state index is 10.5. The number of aliphatic hydroxyl groups excluding tert-OH is 1. The van der Waals surface area contributed by atoms with Gasteiger partial charge in [-0.15, -0.1) is 0 Å². The highest BCUT2D eigenvalue weighted by atomic mass is 32.2. The molecule has 78 valence electrons. The van der Waals surface area contributed by atoms with Crippen molar-refractivity contribution in [1.82, 2.24) is 0 Å². The minimum atomic E-state index is -3.86. The Kier molecular flexibility index (Phi) is 3.28. The van der Waals surface area contributed by atoms with Crippen LogP contribution in [-0.2, 0) is 14.5 Å². The highest BCUT2D eigenvalue weighted by Gasteiger charge is 2.31. The van der Waals surface area contributed by atoms with Crippen molar-refractivity contribution in [2.24, 2.45) is 17.0 Å². The van der Waals surface area contributed by atoms with Crippen molar-refractivity contribution in [2.45, 2.75) is 25.9 Å². The second-order valence-electron chi connectivity index (χ2n) is 3.68. The van der Waals surface area contributed by atoms with E-state index in [1.165, 1.54) is 0 Å². The molecule has 0 saturated heterocycles. The van der Waals surface area contributed by atoms with Gasteiger partial charge in [0.2, 0.25) is 0 Å². The molecule has 0 spiro atoms. The van der Waals surface area contributed by atoms with Gasteiger partial charge in [-0.25, -0.2) is 5.14 Å². The molecule has 1 aliphatic rings. The van der Waals surface area contributed by atoms with Crippen molar-refractivity contribution < 1.29 is 17.7 Å². The van der Waals surface area contributed by atoms with E-state index in [0.29, 0.717) is 12.3 Å². The zero-order chi connectivity index (χ0) is 10.1. The first-order chi connectivity index (χ1) is 5.88. The molecule has 0 amide bonds. The second kappa shape index (κ2) is 3.91. The first-order valence-corrected chi connectivity index (χ1v) is 5.71. The maximum atomic E-state index is 10.5. The summed E-state index contributed by atoms with van der Waals surface area (Å²) in [4.78, 5) is 0. The summed E-state index contributed by atoms with van der Waals surface area (Å²) in [7, 11) is -3.86. The van der Waals surface area contributed by atoms with Crippen LogP contribution in [0.4, 0.5) is 0 Å². The number of nitrogens with two attached hydrogens (primary N) is 1. The van der Waals surface area contributed by atoms with Crippen LogP contribution >= 0.6 is 0 Å². The fraction of sp³-hybridized carbons (Fsp3) is 1.00. The summed E-state index contributed by atoms with van der Waals surface area (Å²) in [5, 5.41) is 14.1. The number of hydrogen-bond acceptors (Lipinski definition) is 4. The Bertz CT molecular complexity index is 264. The van der Waals surface area contributed by atoms with Gasteiger partial charge in [0.15, 0.2) is 0 Å². The molecule has 1 rings (SSSR count). The molecule has 3 atom stereocenters. The monoisotopic (exact) mass is 209 g/mol. The molecule has 1 fully saturated rings. The average molecular weight is 209 g/mol. The lowest BCUT2D eigenvalue weighted by Crippen LogP contribution is -2.24. The van der Waals surface area contributed by atoms with E-state index in [4.69, 9.17) is 0 Å². The predicted octanol–water partition coefficient (Wildman–Crippen LogP) is -0.386. The zero-order valence-electron chi connectivity index (χ0n) is 7.51. The van der Waals surface area contributed by atoms with E-state index in [1.54, 1.807) is 0 Å². The number of aliphatic hydroxyl groups is 1. The van der Waals surface area contributed by atoms with Crippen LogP contribution in [0.1, 0.15) is 19.8 Å². The number of hydrogen-bond donors (Lipinski definition) is 2. The summed E-state index contributed by atoms with van der Waals surface area (Å²) in [6.07, 6.45) is 1.03. The molecule has 3 N–H and O–H groups in total. The van der Waals surface area contributed by atoms with Crippen LogP contribution in [0.25, 0.3) is 0 Å². The first-order valence-electron chi connectivity index (χ1n) is 4.23. The molecule has 1 aliphatic carbocycles. The molecular formula is C7H15NO4S. The summed E-state index contributed by atoms with van der Waals surface area (Å²) < 4.78 is 25.3. The minimum Gasteiger partial charge on any atom is -0.393 e. The summed E-state index contributed by atoms with van der Waals surface area (Å²) in [6.45, 7) is 2.00.